The van der Waals surface area contributed by atoms with E-state index in [1.54, 1.807) is 12.1 Å². The summed E-state index contributed by atoms with van der Waals surface area (Å²) in [5, 5.41) is 3.89. The van der Waals surface area contributed by atoms with Crippen LogP contribution in [0.4, 0.5) is 9.18 Å². The van der Waals surface area contributed by atoms with Crippen molar-refractivity contribution < 1.29 is 9.18 Å². The van der Waals surface area contributed by atoms with Crippen LogP contribution in [0, 0.1) is 5.82 Å². The predicted molar refractivity (Wildman–Crippen MR) is 85.5 cm³/mol. The molecule has 0 bridgehead atoms. The topological polar surface area (TPSA) is 48.1 Å². The second kappa shape index (κ2) is 5.99. The Bertz CT molecular complexity index is 672. The van der Waals surface area contributed by atoms with E-state index in [9.17, 15) is 9.18 Å². The number of carbonyl (C=O) groups is 1. The molecule has 1 fully saturated rings. The van der Waals surface area contributed by atoms with Crippen LogP contribution < -0.4 is 5.32 Å². The highest BCUT2D eigenvalue weighted by atomic mass is 19.1. The minimum absolute atomic E-state index is 0.0124. The lowest BCUT2D eigenvalue weighted by Gasteiger charge is -2.32. The first-order valence-corrected chi connectivity index (χ1v) is 7.86. The third kappa shape index (κ3) is 2.93. The first kappa shape index (κ1) is 14.9. The molecule has 0 saturated carbocycles. The van der Waals surface area contributed by atoms with Gasteiger partial charge in [-0.1, -0.05) is 0 Å². The van der Waals surface area contributed by atoms with E-state index in [0.717, 1.165) is 36.8 Å². The molecule has 2 amide bonds. The molecule has 1 saturated heterocycles. The molecule has 1 aromatic carbocycles. The number of H-pyrrole nitrogens is 1. The number of nitrogens with one attached hydrogen (secondary N) is 2. The van der Waals surface area contributed by atoms with Crippen molar-refractivity contribution in [3.8, 4) is 0 Å². The Morgan fingerprint density at radius 1 is 1.36 bits per heavy atom. The molecule has 1 aliphatic heterocycles. The molecule has 0 spiro atoms. The minimum atomic E-state index is -0.206. The summed E-state index contributed by atoms with van der Waals surface area (Å²) in [6, 6.07) is 5.01. The number of nitrogens with zero attached hydrogens (tertiary/aromatic N) is 1. The second-order valence-electron chi connectivity index (χ2n) is 6.30. The lowest BCUT2D eigenvalue weighted by atomic mass is 9.89. The maximum Gasteiger partial charge on any atom is 0.317 e. The van der Waals surface area contributed by atoms with Gasteiger partial charge in [-0.3, -0.25) is 0 Å². The summed E-state index contributed by atoms with van der Waals surface area (Å²) in [5.41, 5.74) is 2.13. The van der Waals surface area contributed by atoms with Crippen LogP contribution in [0.25, 0.3) is 10.9 Å². The Morgan fingerprint density at radius 3 is 2.77 bits per heavy atom. The molecule has 2 heterocycles. The highest BCUT2D eigenvalue weighted by molar-refractivity contribution is 5.84. The molecule has 0 atom stereocenters. The van der Waals surface area contributed by atoms with Gasteiger partial charge in [0, 0.05) is 36.2 Å². The van der Waals surface area contributed by atoms with Gasteiger partial charge in [0.2, 0.25) is 0 Å². The number of carbonyl (C=O) groups excluding carboxylic acids is 1. The molecule has 2 aromatic rings. The molecular formula is C17H22FN3O. The van der Waals surface area contributed by atoms with Gasteiger partial charge < -0.3 is 15.2 Å². The van der Waals surface area contributed by atoms with Crippen molar-refractivity contribution in [2.24, 2.45) is 0 Å². The van der Waals surface area contributed by atoms with Crippen molar-refractivity contribution in [1.82, 2.24) is 15.2 Å². The number of urea groups is 1. The monoisotopic (exact) mass is 303 g/mol. The maximum absolute atomic E-state index is 13.5. The van der Waals surface area contributed by atoms with E-state index in [1.807, 2.05) is 24.9 Å². The molecule has 118 valence electrons. The third-order valence-electron chi connectivity index (χ3n) is 4.31. The number of amides is 2. The first-order chi connectivity index (χ1) is 10.5. The van der Waals surface area contributed by atoms with Crippen LogP contribution in [-0.4, -0.2) is 35.0 Å². The van der Waals surface area contributed by atoms with Crippen LogP contribution in [0.2, 0.25) is 0 Å². The zero-order valence-electron chi connectivity index (χ0n) is 13.0. The maximum atomic E-state index is 13.5. The number of aromatic nitrogens is 1. The Balaban J connectivity index is 1.70. The van der Waals surface area contributed by atoms with Crippen LogP contribution in [0.1, 0.15) is 38.2 Å². The van der Waals surface area contributed by atoms with Crippen LogP contribution in [-0.2, 0) is 0 Å². The van der Waals surface area contributed by atoms with Crippen LogP contribution in [0.15, 0.2) is 24.4 Å². The summed E-state index contributed by atoms with van der Waals surface area (Å²) in [5.74, 6) is 0.167. The van der Waals surface area contributed by atoms with E-state index in [0.29, 0.717) is 5.92 Å². The SMILES string of the molecule is CC(C)NC(=O)N1CCC(c2c[nH]c3ccc(F)cc23)CC1. The van der Waals surface area contributed by atoms with Gasteiger partial charge in [-0.25, -0.2) is 9.18 Å². The van der Waals surface area contributed by atoms with Gasteiger partial charge in [0.05, 0.1) is 0 Å². The lowest BCUT2D eigenvalue weighted by molar-refractivity contribution is 0.179. The zero-order valence-corrected chi connectivity index (χ0v) is 13.0. The predicted octanol–water partition coefficient (Wildman–Crippen LogP) is 3.60. The second-order valence-corrected chi connectivity index (χ2v) is 6.30. The Labute approximate surface area is 129 Å². The summed E-state index contributed by atoms with van der Waals surface area (Å²) in [6.45, 7) is 5.41. The molecule has 4 nitrogen and oxygen atoms in total. The Morgan fingerprint density at radius 2 is 2.09 bits per heavy atom. The molecular weight excluding hydrogens is 281 g/mol. The van der Waals surface area contributed by atoms with Gasteiger partial charge in [0.1, 0.15) is 5.82 Å². The van der Waals surface area contributed by atoms with Gasteiger partial charge in [-0.2, -0.15) is 0 Å². The van der Waals surface area contributed by atoms with E-state index in [-0.39, 0.29) is 17.9 Å². The number of aromatic amines is 1. The van der Waals surface area contributed by atoms with Crippen LogP contribution >= 0.6 is 0 Å². The van der Waals surface area contributed by atoms with Crippen molar-refractivity contribution in [2.45, 2.75) is 38.6 Å². The minimum Gasteiger partial charge on any atom is -0.361 e. The van der Waals surface area contributed by atoms with Crippen molar-refractivity contribution in [3.05, 3.63) is 35.8 Å². The van der Waals surface area contributed by atoms with Gasteiger partial charge in [0.15, 0.2) is 0 Å². The first-order valence-electron chi connectivity index (χ1n) is 7.86. The summed E-state index contributed by atoms with van der Waals surface area (Å²) < 4.78 is 13.5. The highest BCUT2D eigenvalue weighted by Gasteiger charge is 2.25. The van der Waals surface area contributed by atoms with Crippen molar-refractivity contribution in [2.75, 3.05) is 13.1 Å². The molecule has 22 heavy (non-hydrogen) atoms. The average molecular weight is 303 g/mol. The van der Waals surface area contributed by atoms with Gasteiger partial charge >= 0.3 is 6.03 Å². The zero-order chi connectivity index (χ0) is 15.7. The standard InChI is InChI=1S/C17H22FN3O/c1-11(2)20-17(22)21-7-5-12(6-8-21)15-10-19-16-4-3-13(18)9-14(15)16/h3-4,9-12,19H,5-8H2,1-2H3,(H,20,22). The summed E-state index contributed by atoms with van der Waals surface area (Å²) in [6.07, 6.45) is 3.81. The van der Waals surface area contributed by atoms with Gasteiger partial charge in [-0.05, 0) is 56.4 Å². The number of hydrogen-bond donors (Lipinski definition) is 2. The lowest BCUT2D eigenvalue weighted by Crippen LogP contribution is -2.46. The van der Waals surface area contributed by atoms with Gasteiger partial charge in [0.25, 0.3) is 0 Å². The van der Waals surface area contributed by atoms with Crippen molar-refractivity contribution in [3.63, 3.8) is 0 Å². The highest BCUT2D eigenvalue weighted by Crippen LogP contribution is 2.33. The molecule has 1 aliphatic rings. The normalized spacial score (nSPS) is 16.5. The molecule has 0 radical (unpaired) electrons. The number of likely N-dealkylation sites (tertiary alicyclic amines) is 1. The number of rotatable bonds is 2. The number of fused-ring (bicyclic) bond motifs is 1. The Kier molecular flexibility index (Phi) is 4.05. The molecule has 0 unspecified atom stereocenters. The van der Waals surface area contributed by atoms with Gasteiger partial charge in [-0.15, -0.1) is 0 Å². The van der Waals surface area contributed by atoms with Crippen molar-refractivity contribution in [1.29, 1.82) is 0 Å². The molecule has 2 N–H and O–H groups in total. The number of benzene rings is 1. The third-order valence-corrected chi connectivity index (χ3v) is 4.31. The largest absolute Gasteiger partial charge is 0.361 e. The fourth-order valence-corrected chi connectivity index (χ4v) is 3.18. The van der Waals surface area contributed by atoms with E-state index in [4.69, 9.17) is 0 Å². The quantitative estimate of drug-likeness (QED) is 0.875. The Hall–Kier alpha value is -2.04. The molecule has 1 aromatic heterocycles. The van der Waals surface area contributed by atoms with E-state index < -0.39 is 0 Å². The fraction of sp³-hybridized carbons (Fsp3) is 0.471. The van der Waals surface area contributed by atoms with Crippen LogP contribution in [0.3, 0.4) is 0 Å². The van der Waals surface area contributed by atoms with E-state index in [2.05, 4.69) is 10.3 Å². The average Bonchev–Trinajstić information content (AvgIpc) is 2.89. The van der Waals surface area contributed by atoms with Crippen LogP contribution in [0.5, 0.6) is 0 Å². The number of halogens is 1. The molecule has 3 rings (SSSR count). The summed E-state index contributed by atoms with van der Waals surface area (Å²) in [4.78, 5) is 17.1. The number of hydrogen-bond acceptors (Lipinski definition) is 1. The fourth-order valence-electron chi connectivity index (χ4n) is 3.18. The van der Waals surface area contributed by atoms with Crippen molar-refractivity contribution >= 4 is 16.9 Å². The van der Waals surface area contributed by atoms with E-state index >= 15 is 0 Å². The molecule has 0 aliphatic carbocycles. The number of piperidine rings is 1. The summed E-state index contributed by atoms with van der Waals surface area (Å²) >= 11 is 0. The smallest absolute Gasteiger partial charge is 0.317 e. The molecule has 5 heteroatoms. The van der Waals surface area contributed by atoms with E-state index in [1.165, 1.54) is 11.6 Å². The summed E-state index contributed by atoms with van der Waals surface area (Å²) in [7, 11) is 0.